The standard InChI is InChI=1S/C15H26O3/c1-13(2)6-5-7-14(13,3)9-8-10(16)15(4,17)12-11(9)18-12/h9-12,16-17H,5-8H2,1-4H3/t9-,10+,11-,12-,14-,15+/m0/s1. The van der Waals surface area contributed by atoms with Crippen molar-refractivity contribution in [1.82, 2.24) is 0 Å². The second-order valence-corrected chi connectivity index (χ2v) is 7.76. The van der Waals surface area contributed by atoms with E-state index in [4.69, 9.17) is 4.74 Å². The highest BCUT2D eigenvalue weighted by molar-refractivity contribution is 5.15. The minimum absolute atomic E-state index is 0.153. The van der Waals surface area contributed by atoms with Gasteiger partial charge in [0.15, 0.2) is 0 Å². The summed E-state index contributed by atoms with van der Waals surface area (Å²) < 4.78 is 5.74. The molecule has 0 amide bonds. The first-order chi connectivity index (χ1) is 8.20. The van der Waals surface area contributed by atoms with Crippen LogP contribution in [0.5, 0.6) is 0 Å². The molecule has 2 N–H and O–H groups in total. The molecule has 3 nitrogen and oxygen atoms in total. The van der Waals surface area contributed by atoms with Gasteiger partial charge in [-0.2, -0.15) is 0 Å². The van der Waals surface area contributed by atoms with Crippen molar-refractivity contribution in [2.45, 2.75) is 77.3 Å². The molecule has 0 spiro atoms. The molecular weight excluding hydrogens is 228 g/mol. The van der Waals surface area contributed by atoms with Crippen LogP contribution >= 0.6 is 0 Å². The van der Waals surface area contributed by atoms with Crippen molar-refractivity contribution >= 4 is 0 Å². The molecule has 1 aliphatic heterocycles. The molecule has 3 heteroatoms. The molecule has 18 heavy (non-hydrogen) atoms. The van der Waals surface area contributed by atoms with Crippen LogP contribution in [0.25, 0.3) is 0 Å². The Kier molecular flexibility index (Phi) is 2.51. The second-order valence-electron chi connectivity index (χ2n) is 7.76. The van der Waals surface area contributed by atoms with Gasteiger partial charge in [-0.1, -0.05) is 27.2 Å². The van der Waals surface area contributed by atoms with Crippen LogP contribution in [-0.4, -0.2) is 34.1 Å². The number of aliphatic hydroxyl groups is 2. The van der Waals surface area contributed by atoms with Crippen molar-refractivity contribution in [1.29, 1.82) is 0 Å². The third kappa shape index (κ3) is 1.47. The topological polar surface area (TPSA) is 53.0 Å². The second kappa shape index (κ2) is 3.50. The van der Waals surface area contributed by atoms with Gasteiger partial charge >= 0.3 is 0 Å². The number of ether oxygens (including phenoxy) is 1. The molecule has 0 aromatic heterocycles. The number of rotatable bonds is 1. The van der Waals surface area contributed by atoms with Gasteiger partial charge in [0.2, 0.25) is 0 Å². The summed E-state index contributed by atoms with van der Waals surface area (Å²) in [7, 11) is 0. The van der Waals surface area contributed by atoms with Gasteiger partial charge in [0.25, 0.3) is 0 Å². The van der Waals surface area contributed by atoms with Crippen LogP contribution in [0.4, 0.5) is 0 Å². The number of aliphatic hydroxyl groups excluding tert-OH is 1. The quantitative estimate of drug-likeness (QED) is 0.705. The predicted octanol–water partition coefficient (Wildman–Crippen LogP) is 2.10. The van der Waals surface area contributed by atoms with Gasteiger partial charge in [0.1, 0.15) is 11.7 Å². The first kappa shape index (κ1) is 12.9. The maximum atomic E-state index is 10.3. The van der Waals surface area contributed by atoms with Gasteiger partial charge in [-0.05, 0) is 42.9 Å². The molecule has 0 unspecified atom stereocenters. The smallest absolute Gasteiger partial charge is 0.116 e. The van der Waals surface area contributed by atoms with Crippen LogP contribution in [-0.2, 0) is 4.74 Å². The monoisotopic (exact) mass is 254 g/mol. The molecule has 0 aromatic rings. The lowest BCUT2D eigenvalue weighted by Crippen LogP contribution is -2.54. The van der Waals surface area contributed by atoms with Crippen LogP contribution in [0.3, 0.4) is 0 Å². The van der Waals surface area contributed by atoms with Crippen LogP contribution in [0, 0.1) is 16.7 Å². The van der Waals surface area contributed by atoms with Gasteiger partial charge in [0.05, 0.1) is 12.2 Å². The average molecular weight is 254 g/mol. The highest BCUT2D eigenvalue weighted by Crippen LogP contribution is 2.63. The molecule has 2 aliphatic carbocycles. The van der Waals surface area contributed by atoms with E-state index in [0.717, 1.165) is 0 Å². The van der Waals surface area contributed by atoms with E-state index in [1.807, 2.05) is 0 Å². The van der Waals surface area contributed by atoms with E-state index in [9.17, 15) is 10.2 Å². The van der Waals surface area contributed by atoms with E-state index in [2.05, 4.69) is 20.8 Å². The van der Waals surface area contributed by atoms with E-state index in [1.54, 1.807) is 6.92 Å². The summed E-state index contributed by atoms with van der Waals surface area (Å²) in [5, 5.41) is 20.5. The minimum atomic E-state index is -1.06. The lowest BCUT2D eigenvalue weighted by Gasteiger charge is -2.48. The molecule has 0 aromatic carbocycles. The molecule has 0 bridgehead atoms. The van der Waals surface area contributed by atoms with E-state index >= 15 is 0 Å². The minimum Gasteiger partial charge on any atom is -0.390 e. The zero-order valence-corrected chi connectivity index (χ0v) is 11.9. The van der Waals surface area contributed by atoms with Gasteiger partial charge in [0, 0.05) is 0 Å². The number of epoxide rings is 1. The van der Waals surface area contributed by atoms with Gasteiger partial charge in [-0.3, -0.25) is 0 Å². The van der Waals surface area contributed by atoms with Crippen LogP contribution in [0.15, 0.2) is 0 Å². The Labute approximate surface area is 110 Å². The molecule has 1 saturated heterocycles. The van der Waals surface area contributed by atoms with Crippen LogP contribution in [0.1, 0.15) is 53.4 Å². The fourth-order valence-corrected chi connectivity index (χ4v) is 4.53. The van der Waals surface area contributed by atoms with Crippen molar-refractivity contribution in [3.63, 3.8) is 0 Å². The molecule has 3 fully saturated rings. The van der Waals surface area contributed by atoms with Crippen molar-refractivity contribution in [2.75, 3.05) is 0 Å². The maximum absolute atomic E-state index is 10.3. The Morgan fingerprint density at radius 1 is 1.11 bits per heavy atom. The summed E-state index contributed by atoms with van der Waals surface area (Å²) in [6.45, 7) is 8.75. The van der Waals surface area contributed by atoms with Gasteiger partial charge < -0.3 is 14.9 Å². The maximum Gasteiger partial charge on any atom is 0.116 e. The van der Waals surface area contributed by atoms with E-state index < -0.39 is 11.7 Å². The fourth-order valence-electron chi connectivity index (χ4n) is 4.53. The first-order valence-corrected chi connectivity index (χ1v) is 7.26. The molecule has 0 radical (unpaired) electrons. The Morgan fingerprint density at radius 3 is 2.33 bits per heavy atom. The lowest BCUT2D eigenvalue weighted by molar-refractivity contribution is -0.109. The number of fused-ring (bicyclic) bond motifs is 1. The summed E-state index contributed by atoms with van der Waals surface area (Å²) in [6.07, 6.45) is 3.76. The van der Waals surface area contributed by atoms with Gasteiger partial charge in [-0.25, -0.2) is 0 Å². The van der Waals surface area contributed by atoms with E-state index in [1.165, 1.54) is 19.3 Å². The Morgan fingerprint density at radius 2 is 1.78 bits per heavy atom. The summed E-state index contributed by atoms with van der Waals surface area (Å²) in [5.41, 5.74) is -0.527. The molecule has 3 aliphatic rings. The Hall–Kier alpha value is -0.120. The zero-order valence-electron chi connectivity index (χ0n) is 11.9. The predicted molar refractivity (Wildman–Crippen MR) is 69.1 cm³/mol. The van der Waals surface area contributed by atoms with Crippen LogP contribution < -0.4 is 0 Å². The van der Waals surface area contributed by atoms with Crippen LogP contribution in [0.2, 0.25) is 0 Å². The normalized spacial score (nSPS) is 58.3. The highest BCUT2D eigenvalue weighted by Gasteiger charge is 2.67. The molecule has 3 rings (SSSR count). The average Bonchev–Trinajstić information content (AvgIpc) is 2.99. The Bertz CT molecular complexity index is 359. The third-order valence-electron chi connectivity index (χ3n) is 6.51. The first-order valence-electron chi connectivity index (χ1n) is 7.26. The number of hydrogen-bond acceptors (Lipinski definition) is 3. The molecule has 104 valence electrons. The SMILES string of the molecule is CC1(C)CCC[C@@]1(C)[C@H]1C[C@@H](O)[C@@](C)(O)[C@H]2O[C@H]21. The summed E-state index contributed by atoms with van der Waals surface area (Å²) in [6, 6.07) is 0. The summed E-state index contributed by atoms with van der Waals surface area (Å²) >= 11 is 0. The van der Waals surface area contributed by atoms with Crippen molar-refractivity contribution < 1.29 is 14.9 Å². The fraction of sp³-hybridized carbons (Fsp3) is 1.00. The van der Waals surface area contributed by atoms with Crippen molar-refractivity contribution in [3.8, 4) is 0 Å². The molecule has 2 saturated carbocycles. The zero-order chi connectivity index (χ0) is 13.3. The highest BCUT2D eigenvalue weighted by atomic mass is 16.6. The number of hydrogen-bond donors (Lipinski definition) is 2. The van der Waals surface area contributed by atoms with Crippen molar-refractivity contribution in [2.24, 2.45) is 16.7 Å². The largest absolute Gasteiger partial charge is 0.390 e. The van der Waals surface area contributed by atoms with E-state index in [-0.39, 0.29) is 17.6 Å². The van der Waals surface area contributed by atoms with Crippen molar-refractivity contribution in [3.05, 3.63) is 0 Å². The molecule has 6 atom stereocenters. The summed E-state index contributed by atoms with van der Waals surface area (Å²) in [5.74, 6) is 0.384. The lowest BCUT2D eigenvalue weighted by atomic mass is 9.57. The third-order valence-corrected chi connectivity index (χ3v) is 6.51. The Balaban J connectivity index is 1.87. The molecule has 1 heterocycles. The van der Waals surface area contributed by atoms with Gasteiger partial charge in [-0.15, -0.1) is 0 Å². The molecular formula is C15H26O3. The summed E-state index contributed by atoms with van der Waals surface area (Å²) in [4.78, 5) is 0. The van der Waals surface area contributed by atoms with E-state index in [0.29, 0.717) is 17.8 Å².